The molecule has 1 saturated carbocycles. The Bertz CT molecular complexity index is 825. The number of nitrogens with one attached hydrogen (secondary N) is 2. The second-order valence-electron chi connectivity index (χ2n) is 7.20. The number of hydrogen-bond acceptors (Lipinski definition) is 4. The van der Waals surface area contributed by atoms with Crippen molar-refractivity contribution in [3.8, 4) is 17.2 Å². The summed E-state index contributed by atoms with van der Waals surface area (Å²) < 4.78 is 11.1. The van der Waals surface area contributed by atoms with E-state index in [9.17, 15) is 5.11 Å². The maximum atomic E-state index is 10.2. The van der Waals surface area contributed by atoms with E-state index < -0.39 is 0 Å². The predicted octanol–water partition coefficient (Wildman–Crippen LogP) is 4.11. The molecular formula is C23H32IN3O3. The number of benzene rings is 2. The fourth-order valence-corrected chi connectivity index (χ4v) is 3.02. The van der Waals surface area contributed by atoms with Crippen LogP contribution in [-0.4, -0.2) is 37.9 Å². The van der Waals surface area contributed by atoms with E-state index in [1.54, 1.807) is 13.2 Å². The fraction of sp³-hybridized carbons (Fsp3) is 0.435. The van der Waals surface area contributed by atoms with Gasteiger partial charge in [0.1, 0.15) is 5.75 Å². The summed E-state index contributed by atoms with van der Waals surface area (Å²) in [6.07, 6.45) is 3.21. The number of para-hydroxylation sites is 2. The average Bonchev–Trinajstić information content (AvgIpc) is 3.57. The van der Waals surface area contributed by atoms with Gasteiger partial charge in [0.15, 0.2) is 17.5 Å². The van der Waals surface area contributed by atoms with Crippen molar-refractivity contribution in [2.45, 2.75) is 32.7 Å². The molecule has 0 unspecified atom stereocenters. The zero-order valence-corrected chi connectivity index (χ0v) is 20.0. The van der Waals surface area contributed by atoms with Crippen LogP contribution >= 0.6 is 24.0 Å². The van der Waals surface area contributed by atoms with Crippen LogP contribution in [0.25, 0.3) is 0 Å². The Morgan fingerprint density at radius 3 is 2.53 bits per heavy atom. The summed E-state index contributed by atoms with van der Waals surface area (Å²) in [7, 11) is 1.55. The second-order valence-corrected chi connectivity index (χ2v) is 7.20. The second kappa shape index (κ2) is 12.5. The molecule has 3 N–H and O–H groups in total. The molecule has 3 rings (SSSR count). The summed E-state index contributed by atoms with van der Waals surface area (Å²) in [6.45, 7) is 4.80. The van der Waals surface area contributed by atoms with Gasteiger partial charge in [-0.3, -0.25) is 0 Å². The number of phenolic OH excluding ortho intramolecular Hbond substituents is 1. The molecule has 1 aliphatic carbocycles. The third kappa shape index (κ3) is 7.27. The lowest BCUT2D eigenvalue weighted by Gasteiger charge is -2.14. The quantitative estimate of drug-likeness (QED) is 0.248. The lowest BCUT2D eigenvalue weighted by Crippen LogP contribution is -2.38. The smallest absolute Gasteiger partial charge is 0.191 e. The number of ether oxygens (including phenoxy) is 2. The Kier molecular flexibility index (Phi) is 10.1. The molecule has 2 aromatic carbocycles. The molecule has 0 saturated heterocycles. The average molecular weight is 525 g/mol. The molecule has 2 aromatic rings. The molecule has 164 valence electrons. The molecule has 0 atom stereocenters. The van der Waals surface area contributed by atoms with E-state index in [1.165, 1.54) is 12.8 Å². The molecular weight excluding hydrogens is 493 g/mol. The summed E-state index contributed by atoms with van der Waals surface area (Å²) in [5, 5.41) is 16.8. The van der Waals surface area contributed by atoms with Crippen molar-refractivity contribution in [2.75, 3.05) is 26.8 Å². The summed E-state index contributed by atoms with van der Waals surface area (Å²) in [4.78, 5) is 4.70. The number of halogens is 1. The maximum absolute atomic E-state index is 10.2. The lowest BCUT2D eigenvalue weighted by molar-refractivity contribution is 0.297. The molecule has 0 aliphatic heterocycles. The Balaban J connectivity index is 0.00000320. The van der Waals surface area contributed by atoms with Crippen molar-refractivity contribution in [3.63, 3.8) is 0 Å². The molecule has 0 aromatic heterocycles. The number of methoxy groups -OCH3 is 1. The minimum absolute atomic E-state index is 0. The molecule has 6 nitrogen and oxygen atoms in total. The van der Waals surface area contributed by atoms with Crippen LogP contribution in [0.1, 0.15) is 30.9 Å². The van der Waals surface area contributed by atoms with Gasteiger partial charge in [0, 0.05) is 18.7 Å². The van der Waals surface area contributed by atoms with Gasteiger partial charge >= 0.3 is 0 Å². The monoisotopic (exact) mass is 525 g/mol. The predicted molar refractivity (Wildman–Crippen MR) is 131 cm³/mol. The number of hydrogen-bond donors (Lipinski definition) is 3. The van der Waals surface area contributed by atoms with Crippen molar-refractivity contribution in [1.29, 1.82) is 0 Å². The van der Waals surface area contributed by atoms with E-state index >= 15 is 0 Å². The van der Waals surface area contributed by atoms with Crippen LogP contribution in [0.5, 0.6) is 17.2 Å². The minimum Gasteiger partial charge on any atom is -0.504 e. The van der Waals surface area contributed by atoms with Gasteiger partial charge in [0.05, 0.1) is 20.3 Å². The van der Waals surface area contributed by atoms with Crippen molar-refractivity contribution in [3.05, 3.63) is 53.6 Å². The molecule has 1 fully saturated rings. The fourth-order valence-electron chi connectivity index (χ4n) is 3.02. The maximum Gasteiger partial charge on any atom is 0.191 e. The first-order valence-corrected chi connectivity index (χ1v) is 10.3. The number of aromatic hydroxyl groups is 1. The van der Waals surface area contributed by atoms with Crippen LogP contribution in [0, 0.1) is 5.92 Å². The molecule has 0 spiro atoms. The molecule has 7 heteroatoms. The number of rotatable bonds is 10. The Morgan fingerprint density at radius 1 is 1.07 bits per heavy atom. The van der Waals surface area contributed by atoms with E-state index in [2.05, 4.69) is 16.7 Å². The minimum atomic E-state index is 0. The van der Waals surface area contributed by atoms with E-state index in [0.29, 0.717) is 25.3 Å². The Morgan fingerprint density at radius 2 is 1.80 bits per heavy atom. The van der Waals surface area contributed by atoms with Crippen molar-refractivity contribution in [1.82, 2.24) is 10.6 Å². The van der Waals surface area contributed by atoms with Crippen molar-refractivity contribution >= 4 is 29.9 Å². The topological polar surface area (TPSA) is 75.1 Å². The highest BCUT2D eigenvalue weighted by molar-refractivity contribution is 14.0. The normalized spacial score (nSPS) is 13.3. The van der Waals surface area contributed by atoms with Gasteiger partial charge < -0.3 is 25.2 Å². The molecule has 0 heterocycles. The molecule has 0 radical (unpaired) electrons. The highest BCUT2D eigenvalue weighted by Gasteiger charge is 2.22. The van der Waals surface area contributed by atoms with Gasteiger partial charge in [-0.25, -0.2) is 4.99 Å². The van der Waals surface area contributed by atoms with Gasteiger partial charge in [-0.05, 0) is 49.8 Å². The first-order valence-electron chi connectivity index (χ1n) is 10.3. The van der Waals surface area contributed by atoms with Crippen molar-refractivity contribution < 1.29 is 14.6 Å². The Hall–Kier alpha value is -2.16. The van der Waals surface area contributed by atoms with E-state index in [-0.39, 0.29) is 29.7 Å². The van der Waals surface area contributed by atoms with Gasteiger partial charge in [0.25, 0.3) is 0 Å². The first kappa shape index (κ1) is 24.1. The van der Waals surface area contributed by atoms with Gasteiger partial charge in [0.2, 0.25) is 0 Å². The summed E-state index contributed by atoms with van der Waals surface area (Å²) in [6, 6.07) is 13.6. The lowest BCUT2D eigenvalue weighted by atomic mass is 10.1. The molecule has 0 bridgehead atoms. The van der Waals surface area contributed by atoms with Gasteiger partial charge in [-0.15, -0.1) is 24.0 Å². The molecule has 1 aliphatic rings. The molecule has 30 heavy (non-hydrogen) atoms. The van der Waals surface area contributed by atoms with Crippen LogP contribution in [0.15, 0.2) is 47.5 Å². The highest BCUT2D eigenvalue weighted by Crippen LogP contribution is 2.31. The SMILES string of the molecule is CCNC(=NCc1ccccc1OCC1CC1)NCCc1cccc(OC)c1O.I. The van der Waals surface area contributed by atoms with Crippen LogP contribution in [0.3, 0.4) is 0 Å². The summed E-state index contributed by atoms with van der Waals surface area (Å²) in [5.41, 5.74) is 1.92. The van der Waals surface area contributed by atoms with Crippen LogP contribution < -0.4 is 20.1 Å². The third-order valence-electron chi connectivity index (χ3n) is 4.89. The van der Waals surface area contributed by atoms with E-state index in [0.717, 1.165) is 41.9 Å². The number of nitrogens with zero attached hydrogens (tertiary/aromatic N) is 1. The van der Waals surface area contributed by atoms with Gasteiger partial charge in [-0.2, -0.15) is 0 Å². The first-order chi connectivity index (χ1) is 14.2. The summed E-state index contributed by atoms with van der Waals surface area (Å²) >= 11 is 0. The molecule has 0 amide bonds. The zero-order valence-electron chi connectivity index (χ0n) is 17.7. The standard InChI is InChI=1S/C23H31N3O3.HI/c1-3-24-23(25-14-13-18-8-6-10-21(28-2)22(18)27)26-15-19-7-4-5-9-20(19)29-16-17-11-12-17;/h4-10,17,27H,3,11-16H2,1-2H3,(H2,24,25,26);1H. The van der Waals surface area contributed by atoms with Crippen LogP contribution in [-0.2, 0) is 13.0 Å². The van der Waals surface area contributed by atoms with E-state index in [1.807, 2.05) is 37.3 Å². The largest absolute Gasteiger partial charge is 0.504 e. The van der Waals surface area contributed by atoms with Gasteiger partial charge in [-0.1, -0.05) is 30.3 Å². The third-order valence-corrected chi connectivity index (χ3v) is 4.89. The number of aliphatic imine (C=N–C) groups is 1. The van der Waals surface area contributed by atoms with Crippen LogP contribution in [0.4, 0.5) is 0 Å². The summed E-state index contributed by atoms with van der Waals surface area (Å²) in [5.74, 6) is 3.07. The zero-order chi connectivity index (χ0) is 20.5. The van der Waals surface area contributed by atoms with Crippen LogP contribution in [0.2, 0.25) is 0 Å². The van der Waals surface area contributed by atoms with Crippen molar-refractivity contribution in [2.24, 2.45) is 10.9 Å². The Labute approximate surface area is 196 Å². The number of guanidine groups is 1. The highest BCUT2D eigenvalue weighted by atomic mass is 127. The van der Waals surface area contributed by atoms with E-state index in [4.69, 9.17) is 14.5 Å². The number of phenols is 1.